The molecule has 0 fully saturated rings. The van der Waals surface area contributed by atoms with E-state index >= 15 is 0 Å². The molecule has 0 saturated carbocycles. The van der Waals surface area contributed by atoms with Gasteiger partial charge in [-0.1, -0.05) is 25.9 Å². The van der Waals surface area contributed by atoms with Gasteiger partial charge in [-0.25, -0.2) is 0 Å². The smallest absolute Gasteiger partial charge is 0.227 e. The molecule has 6 heteroatoms. The maximum Gasteiger partial charge on any atom is 0.227 e. The van der Waals surface area contributed by atoms with E-state index in [1.54, 1.807) is 11.9 Å². The highest BCUT2D eigenvalue weighted by Crippen LogP contribution is 2.39. The number of hydrogen-bond acceptors (Lipinski definition) is 4. The molecule has 0 N–H and O–H groups in total. The molecule has 0 aliphatic heterocycles. The Labute approximate surface area is 166 Å². The van der Waals surface area contributed by atoms with E-state index in [1.165, 1.54) is 0 Å². The SMILES string of the molecule is CCCn1c(C)c(CC(=O)N(C)Cc2cc(C)no2)c2c1CC(C)(C)CC2=O. The van der Waals surface area contributed by atoms with Gasteiger partial charge in [0.05, 0.1) is 18.7 Å². The molecule has 0 saturated heterocycles. The van der Waals surface area contributed by atoms with E-state index in [2.05, 4.69) is 30.5 Å². The molecular weight excluding hydrogens is 354 g/mol. The summed E-state index contributed by atoms with van der Waals surface area (Å²) in [4.78, 5) is 27.5. The van der Waals surface area contributed by atoms with Gasteiger partial charge in [-0.05, 0) is 37.7 Å². The first-order valence-electron chi connectivity index (χ1n) is 10.0. The number of nitrogens with zero attached hydrogens (tertiary/aromatic N) is 3. The lowest BCUT2D eigenvalue weighted by Crippen LogP contribution is -2.30. The van der Waals surface area contributed by atoms with Crippen molar-refractivity contribution in [1.29, 1.82) is 0 Å². The van der Waals surface area contributed by atoms with Gasteiger partial charge in [0, 0.05) is 43.0 Å². The molecule has 0 unspecified atom stereocenters. The molecule has 1 amide bonds. The van der Waals surface area contributed by atoms with E-state index in [1.807, 2.05) is 19.9 Å². The average Bonchev–Trinajstić information content (AvgIpc) is 3.10. The molecule has 28 heavy (non-hydrogen) atoms. The number of Topliss-reactive ketones (excluding diaryl/α,β-unsaturated/α-hetero) is 1. The van der Waals surface area contributed by atoms with Crippen LogP contribution in [0.1, 0.15) is 72.4 Å². The second-order valence-electron chi connectivity index (χ2n) is 8.84. The quantitative estimate of drug-likeness (QED) is 0.757. The first-order chi connectivity index (χ1) is 13.1. The molecule has 0 bridgehead atoms. The molecule has 0 aromatic carbocycles. The Hall–Kier alpha value is -2.37. The van der Waals surface area contributed by atoms with Crippen LogP contribution in [0.2, 0.25) is 0 Å². The molecule has 1 aliphatic rings. The lowest BCUT2D eigenvalue weighted by atomic mass is 9.75. The Morgan fingerprint density at radius 2 is 2.04 bits per heavy atom. The van der Waals surface area contributed by atoms with E-state index in [0.717, 1.165) is 47.6 Å². The van der Waals surface area contributed by atoms with E-state index in [0.29, 0.717) is 18.7 Å². The normalized spacial score (nSPS) is 15.6. The van der Waals surface area contributed by atoms with Crippen molar-refractivity contribution in [3.63, 3.8) is 0 Å². The van der Waals surface area contributed by atoms with Gasteiger partial charge in [-0.3, -0.25) is 9.59 Å². The van der Waals surface area contributed by atoms with Crippen LogP contribution in [0, 0.1) is 19.3 Å². The van der Waals surface area contributed by atoms with Crippen molar-refractivity contribution in [2.75, 3.05) is 7.05 Å². The second kappa shape index (κ2) is 7.57. The molecule has 152 valence electrons. The average molecular weight is 386 g/mol. The van der Waals surface area contributed by atoms with Crippen LogP contribution in [0.15, 0.2) is 10.6 Å². The monoisotopic (exact) mass is 385 g/mol. The van der Waals surface area contributed by atoms with Crippen molar-refractivity contribution in [3.05, 3.63) is 40.0 Å². The number of ketones is 1. The molecular formula is C22H31N3O3. The Balaban J connectivity index is 1.89. The molecule has 0 atom stereocenters. The summed E-state index contributed by atoms with van der Waals surface area (Å²) in [6.07, 6.45) is 2.63. The van der Waals surface area contributed by atoms with Crippen LogP contribution < -0.4 is 0 Å². The fourth-order valence-electron chi connectivity index (χ4n) is 4.25. The van der Waals surface area contributed by atoms with Crippen LogP contribution in [0.3, 0.4) is 0 Å². The minimum absolute atomic E-state index is 0.0220. The summed E-state index contributed by atoms with van der Waals surface area (Å²) in [6.45, 7) is 11.6. The van der Waals surface area contributed by atoms with E-state index in [9.17, 15) is 9.59 Å². The molecule has 2 aromatic heterocycles. The van der Waals surface area contributed by atoms with Crippen LogP contribution in [0.25, 0.3) is 0 Å². The first-order valence-corrected chi connectivity index (χ1v) is 10.0. The number of aryl methyl sites for hydroxylation is 1. The minimum atomic E-state index is -0.0391. The fourth-order valence-corrected chi connectivity index (χ4v) is 4.25. The maximum atomic E-state index is 13.0. The van der Waals surface area contributed by atoms with Gasteiger partial charge < -0.3 is 14.0 Å². The fraction of sp³-hybridized carbons (Fsp3) is 0.591. The second-order valence-corrected chi connectivity index (χ2v) is 8.84. The summed E-state index contributed by atoms with van der Waals surface area (Å²) >= 11 is 0. The van der Waals surface area contributed by atoms with Gasteiger partial charge in [-0.2, -0.15) is 0 Å². The Morgan fingerprint density at radius 3 is 2.64 bits per heavy atom. The van der Waals surface area contributed by atoms with Crippen LogP contribution in [-0.4, -0.2) is 33.4 Å². The number of rotatable bonds is 6. The summed E-state index contributed by atoms with van der Waals surface area (Å²) in [6, 6.07) is 1.83. The van der Waals surface area contributed by atoms with Crippen LogP contribution >= 0.6 is 0 Å². The molecule has 2 aromatic rings. The molecule has 6 nitrogen and oxygen atoms in total. The first kappa shape index (κ1) is 20.4. The maximum absolute atomic E-state index is 13.0. The zero-order chi connectivity index (χ0) is 20.6. The number of fused-ring (bicyclic) bond motifs is 1. The van der Waals surface area contributed by atoms with Crippen molar-refractivity contribution in [3.8, 4) is 0 Å². The lowest BCUT2D eigenvalue weighted by Gasteiger charge is -2.30. The largest absolute Gasteiger partial charge is 0.359 e. The van der Waals surface area contributed by atoms with Gasteiger partial charge in [0.2, 0.25) is 5.91 Å². The Bertz CT molecular complexity index is 905. The van der Waals surface area contributed by atoms with Crippen LogP contribution in [0.5, 0.6) is 0 Å². The Morgan fingerprint density at radius 1 is 1.32 bits per heavy atom. The standard InChI is InChI=1S/C22H31N3O3/c1-7-8-25-15(3)17(21-18(25)11-22(4,5)12-19(21)26)10-20(27)24(6)13-16-9-14(2)23-28-16/h9H,7-8,10-13H2,1-6H3. The molecule has 0 spiro atoms. The highest BCUT2D eigenvalue weighted by atomic mass is 16.5. The predicted molar refractivity (Wildman–Crippen MR) is 107 cm³/mol. The van der Waals surface area contributed by atoms with Crippen LogP contribution in [0.4, 0.5) is 0 Å². The zero-order valence-corrected chi connectivity index (χ0v) is 17.9. The summed E-state index contributed by atoms with van der Waals surface area (Å²) < 4.78 is 7.48. The zero-order valence-electron chi connectivity index (χ0n) is 17.9. The summed E-state index contributed by atoms with van der Waals surface area (Å²) in [5.74, 6) is 0.806. The van der Waals surface area contributed by atoms with Crippen LogP contribution in [-0.2, 0) is 30.7 Å². The minimum Gasteiger partial charge on any atom is -0.359 e. The number of amides is 1. The van der Waals surface area contributed by atoms with Gasteiger partial charge in [0.15, 0.2) is 11.5 Å². The number of hydrogen-bond donors (Lipinski definition) is 0. The molecule has 2 heterocycles. The third kappa shape index (κ3) is 3.91. The van der Waals surface area contributed by atoms with Crippen molar-refractivity contribution in [2.45, 2.75) is 73.4 Å². The van der Waals surface area contributed by atoms with Gasteiger partial charge in [0.1, 0.15) is 0 Å². The lowest BCUT2D eigenvalue weighted by molar-refractivity contribution is -0.129. The number of carbonyl (C=O) groups is 2. The van der Waals surface area contributed by atoms with Crippen molar-refractivity contribution >= 4 is 11.7 Å². The topological polar surface area (TPSA) is 68.3 Å². The number of likely N-dealkylation sites (N-methyl/N-ethyl adjacent to an activating group) is 1. The summed E-state index contributed by atoms with van der Waals surface area (Å²) in [5.41, 5.74) is 4.61. The van der Waals surface area contributed by atoms with Crippen molar-refractivity contribution in [2.24, 2.45) is 5.41 Å². The van der Waals surface area contributed by atoms with Gasteiger partial charge >= 0.3 is 0 Å². The van der Waals surface area contributed by atoms with E-state index in [4.69, 9.17) is 4.52 Å². The number of aromatic nitrogens is 2. The predicted octanol–water partition coefficient (Wildman–Crippen LogP) is 3.86. The highest BCUT2D eigenvalue weighted by molar-refractivity contribution is 6.01. The van der Waals surface area contributed by atoms with E-state index in [-0.39, 0.29) is 23.5 Å². The van der Waals surface area contributed by atoms with Gasteiger partial charge in [0.25, 0.3) is 0 Å². The van der Waals surface area contributed by atoms with Crippen molar-refractivity contribution in [1.82, 2.24) is 14.6 Å². The highest BCUT2D eigenvalue weighted by Gasteiger charge is 2.37. The molecule has 0 radical (unpaired) electrons. The third-order valence-corrected chi connectivity index (χ3v) is 5.59. The van der Waals surface area contributed by atoms with Crippen molar-refractivity contribution < 1.29 is 14.1 Å². The molecule has 3 rings (SSSR count). The summed E-state index contributed by atoms with van der Waals surface area (Å²) in [5, 5.41) is 3.87. The number of carbonyl (C=O) groups excluding carboxylic acids is 2. The summed E-state index contributed by atoms with van der Waals surface area (Å²) in [7, 11) is 1.76. The Kier molecular flexibility index (Phi) is 5.50. The van der Waals surface area contributed by atoms with Gasteiger partial charge in [-0.15, -0.1) is 0 Å². The van der Waals surface area contributed by atoms with E-state index < -0.39 is 0 Å². The third-order valence-electron chi connectivity index (χ3n) is 5.59. The molecule has 1 aliphatic carbocycles.